The molecule has 0 radical (unpaired) electrons. The van der Waals surface area contributed by atoms with Gasteiger partial charge in [0.25, 0.3) is 5.91 Å². The predicted molar refractivity (Wildman–Crippen MR) is 87.5 cm³/mol. The van der Waals surface area contributed by atoms with Crippen molar-refractivity contribution >= 4 is 11.9 Å². The second-order valence-electron chi connectivity index (χ2n) is 6.13. The molecule has 1 fully saturated rings. The number of aromatic carboxylic acids is 1. The third-order valence-corrected chi connectivity index (χ3v) is 4.44. The first-order chi connectivity index (χ1) is 12.0. The van der Waals surface area contributed by atoms with E-state index in [9.17, 15) is 18.4 Å². The molecule has 1 atom stereocenters. The van der Waals surface area contributed by atoms with Gasteiger partial charge in [-0.05, 0) is 55.2 Å². The van der Waals surface area contributed by atoms with Crippen molar-refractivity contribution in [2.45, 2.75) is 25.3 Å². The van der Waals surface area contributed by atoms with Crippen molar-refractivity contribution in [2.24, 2.45) is 0 Å². The number of carbonyl (C=O) groups excluding carboxylic acids is 1. The number of likely N-dealkylation sites (tertiary alicyclic amines) is 1. The van der Waals surface area contributed by atoms with E-state index in [-0.39, 0.29) is 23.0 Å². The molecule has 4 nitrogen and oxygen atoms in total. The second-order valence-corrected chi connectivity index (χ2v) is 6.13. The molecule has 0 saturated carbocycles. The summed E-state index contributed by atoms with van der Waals surface area (Å²) in [4.78, 5) is 25.1. The lowest BCUT2D eigenvalue weighted by molar-refractivity contribution is 0.0690. The highest BCUT2D eigenvalue weighted by atomic mass is 19.1. The molecule has 1 N–H and O–H groups in total. The number of nitrogens with zero attached hydrogens (tertiary/aromatic N) is 1. The molecule has 25 heavy (non-hydrogen) atoms. The zero-order valence-corrected chi connectivity index (χ0v) is 13.4. The fourth-order valence-electron chi connectivity index (χ4n) is 3.23. The van der Waals surface area contributed by atoms with Crippen LogP contribution in [0.4, 0.5) is 8.78 Å². The summed E-state index contributed by atoms with van der Waals surface area (Å²) in [7, 11) is 0. The number of rotatable bonds is 4. The first-order valence-corrected chi connectivity index (χ1v) is 8.04. The molecular weight excluding hydrogens is 328 g/mol. The van der Waals surface area contributed by atoms with Crippen molar-refractivity contribution in [2.75, 3.05) is 6.54 Å². The molecule has 1 saturated heterocycles. The molecule has 0 aliphatic carbocycles. The van der Waals surface area contributed by atoms with Gasteiger partial charge in [-0.1, -0.05) is 12.1 Å². The number of hydrogen-bond donors (Lipinski definition) is 1. The smallest absolute Gasteiger partial charge is 0.335 e. The Balaban J connectivity index is 1.80. The van der Waals surface area contributed by atoms with E-state index < -0.39 is 17.7 Å². The number of halogens is 2. The fraction of sp³-hybridized carbons (Fsp3) is 0.263. The molecule has 6 heteroatoms. The van der Waals surface area contributed by atoms with Gasteiger partial charge in [-0.15, -0.1) is 0 Å². The van der Waals surface area contributed by atoms with Gasteiger partial charge in [-0.25, -0.2) is 13.6 Å². The highest BCUT2D eigenvalue weighted by molar-refractivity contribution is 5.96. The summed E-state index contributed by atoms with van der Waals surface area (Å²) < 4.78 is 27.5. The predicted octanol–water partition coefficient (Wildman–Crippen LogP) is 3.51. The van der Waals surface area contributed by atoms with Gasteiger partial charge in [0, 0.05) is 12.6 Å². The van der Waals surface area contributed by atoms with E-state index in [2.05, 4.69) is 0 Å². The standard InChI is InChI=1S/C19H17F2NO3/c20-14-4-1-3-12(9-14)10-15-5-2-8-22(15)18(23)16-7-6-13(19(24)25)11-17(16)21/h1,3-4,6-7,9,11,15H,2,5,8,10H2,(H,24,25). The number of amides is 1. The minimum absolute atomic E-state index is 0.132. The fourth-order valence-corrected chi connectivity index (χ4v) is 3.23. The Bertz CT molecular complexity index is 822. The van der Waals surface area contributed by atoms with Gasteiger partial charge in [0.1, 0.15) is 11.6 Å². The van der Waals surface area contributed by atoms with Gasteiger partial charge in [0.15, 0.2) is 0 Å². The van der Waals surface area contributed by atoms with Gasteiger partial charge in [0.2, 0.25) is 0 Å². The summed E-state index contributed by atoms with van der Waals surface area (Å²) in [6.07, 6.45) is 2.05. The SMILES string of the molecule is O=C(O)c1ccc(C(=O)N2CCCC2Cc2cccc(F)c2)c(F)c1. The van der Waals surface area contributed by atoms with Gasteiger partial charge in [-0.2, -0.15) is 0 Å². The van der Waals surface area contributed by atoms with E-state index in [1.807, 2.05) is 0 Å². The van der Waals surface area contributed by atoms with Crippen LogP contribution in [0, 0.1) is 11.6 Å². The molecule has 0 spiro atoms. The lowest BCUT2D eigenvalue weighted by atomic mass is 10.0. The molecule has 1 unspecified atom stereocenters. The highest BCUT2D eigenvalue weighted by Crippen LogP contribution is 2.25. The van der Waals surface area contributed by atoms with Crippen LogP contribution >= 0.6 is 0 Å². The van der Waals surface area contributed by atoms with Gasteiger partial charge in [-0.3, -0.25) is 4.79 Å². The number of hydrogen-bond acceptors (Lipinski definition) is 2. The second kappa shape index (κ2) is 7.01. The Labute approximate surface area is 143 Å². The summed E-state index contributed by atoms with van der Waals surface area (Å²) in [5.74, 6) is -2.89. The van der Waals surface area contributed by atoms with Crippen molar-refractivity contribution < 1.29 is 23.5 Å². The maximum Gasteiger partial charge on any atom is 0.335 e. The van der Waals surface area contributed by atoms with Crippen LogP contribution in [-0.2, 0) is 6.42 Å². The first kappa shape index (κ1) is 17.1. The molecule has 1 heterocycles. The molecule has 1 aliphatic heterocycles. The maximum absolute atomic E-state index is 14.2. The Hall–Kier alpha value is -2.76. The minimum Gasteiger partial charge on any atom is -0.478 e. The Morgan fingerprint density at radius 1 is 1.16 bits per heavy atom. The Morgan fingerprint density at radius 3 is 2.64 bits per heavy atom. The summed E-state index contributed by atoms with van der Waals surface area (Å²) in [6, 6.07) is 9.36. The van der Waals surface area contributed by atoms with E-state index in [1.54, 1.807) is 17.0 Å². The number of benzene rings is 2. The summed E-state index contributed by atoms with van der Waals surface area (Å²) in [5, 5.41) is 8.89. The van der Waals surface area contributed by atoms with Crippen LogP contribution in [0.5, 0.6) is 0 Å². The summed E-state index contributed by atoms with van der Waals surface area (Å²) >= 11 is 0. The Kier molecular flexibility index (Phi) is 4.79. The third-order valence-electron chi connectivity index (χ3n) is 4.44. The topological polar surface area (TPSA) is 57.6 Å². The molecule has 2 aromatic rings. The van der Waals surface area contributed by atoms with E-state index in [4.69, 9.17) is 5.11 Å². The van der Waals surface area contributed by atoms with Crippen LogP contribution in [-0.4, -0.2) is 34.5 Å². The van der Waals surface area contributed by atoms with Gasteiger partial charge in [0.05, 0.1) is 11.1 Å². The van der Waals surface area contributed by atoms with Crippen molar-refractivity contribution in [1.29, 1.82) is 0 Å². The monoisotopic (exact) mass is 345 g/mol. The van der Waals surface area contributed by atoms with Crippen LogP contribution in [0.2, 0.25) is 0 Å². The Morgan fingerprint density at radius 2 is 1.96 bits per heavy atom. The quantitative estimate of drug-likeness (QED) is 0.922. The first-order valence-electron chi connectivity index (χ1n) is 8.04. The zero-order valence-electron chi connectivity index (χ0n) is 13.4. The van der Waals surface area contributed by atoms with Gasteiger partial charge >= 0.3 is 5.97 Å². The molecule has 1 aliphatic rings. The molecular formula is C19H17F2NO3. The summed E-state index contributed by atoms with van der Waals surface area (Å²) in [5.41, 5.74) is 0.439. The molecule has 0 bridgehead atoms. The van der Waals surface area contributed by atoms with Crippen LogP contribution < -0.4 is 0 Å². The largest absolute Gasteiger partial charge is 0.478 e. The van der Waals surface area contributed by atoms with E-state index in [1.165, 1.54) is 24.3 Å². The van der Waals surface area contributed by atoms with Crippen molar-refractivity contribution in [3.63, 3.8) is 0 Å². The van der Waals surface area contributed by atoms with Gasteiger partial charge < -0.3 is 10.0 Å². The average molecular weight is 345 g/mol. The lowest BCUT2D eigenvalue weighted by Gasteiger charge is -2.25. The highest BCUT2D eigenvalue weighted by Gasteiger charge is 2.31. The van der Waals surface area contributed by atoms with Crippen LogP contribution in [0.3, 0.4) is 0 Å². The van der Waals surface area contributed by atoms with Crippen LogP contribution in [0.15, 0.2) is 42.5 Å². The van der Waals surface area contributed by atoms with Crippen molar-refractivity contribution in [3.05, 3.63) is 70.8 Å². The molecule has 1 amide bonds. The number of carboxylic acid groups (broad SMARTS) is 1. The minimum atomic E-state index is -1.25. The van der Waals surface area contributed by atoms with E-state index in [0.717, 1.165) is 24.5 Å². The maximum atomic E-state index is 14.2. The normalized spacial score (nSPS) is 16.9. The van der Waals surface area contributed by atoms with E-state index in [0.29, 0.717) is 13.0 Å². The molecule has 3 rings (SSSR count). The van der Waals surface area contributed by atoms with E-state index >= 15 is 0 Å². The molecule has 130 valence electrons. The third kappa shape index (κ3) is 3.68. The molecule has 0 aromatic heterocycles. The van der Waals surface area contributed by atoms with Crippen molar-refractivity contribution in [3.8, 4) is 0 Å². The van der Waals surface area contributed by atoms with Crippen LogP contribution in [0.1, 0.15) is 39.1 Å². The van der Waals surface area contributed by atoms with Crippen LogP contribution in [0.25, 0.3) is 0 Å². The summed E-state index contributed by atoms with van der Waals surface area (Å²) in [6.45, 7) is 0.499. The number of carbonyl (C=O) groups is 2. The zero-order chi connectivity index (χ0) is 18.0. The lowest BCUT2D eigenvalue weighted by Crippen LogP contribution is -2.37. The molecule has 2 aromatic carbocycles. The van der Waals surface area contributed by atoms with Crippen molar-refractivity contribution in [1.82, 2.24) is 4.90 Å². The average Bonchev–Trinajstić information content (AvgIpc) is 3.02. The number of carboxylic acids is 1.